The molecule has 92 valence electrons. The fourth-order valence-electron chi connectivity index (χ4n) is 1.03. The predicted octanol–water partition coefficient (Wildman–Crippen LogP) is 3.55. The van der Waals surface area contributed by atoms with Gasteiger partial charge in [0.25, 0.3) is 0 Å². The van der Waals surface area contributed by atoms with Crippen LogP contribution >= 0.6 is 11.6 Å². The van der Waals surface area contributed by atoms with Gasteiger partial charge in [-0.2, -0.15) is 0 Å². The fourth-order valence-corrected chi connectivity index (χ4v) is 1.31. The third-order valence-corrected chi connectivity index (χ3v) is 2.07. The molecule has 1 amide bonds. The van der Waals surface area contributed by atoms with Crippen molar-refractivity contribution in [1.82, 2.24) is 4.90 Å². The van der Waals surface area contributed by atoms with E-state index in [1.165, 1.54) is 4.90 Å². The molecule has 0 aliphatic heterocycles. The summed E-state index contributed by atoms with van der Waals surface area (Å²) in [5, 5.41) is 0. The monoisotopic (exact) mass is 245 g/mol. The fraction of sp³-hybridized carbons (Fsp3) is 0.583. The molecule has 0 saturated carbocycles. The minimum absolute atomic E-state index is 0.358. The van der Waals surface area contributed by atoms with Crippen LogP contribution in [0.3, 0.4) is 0 Å². The predicted molar refractivity (Wildman–Crippen MR) is 67.6 cm³/mol. The van der Waals surface area contributed by atoms with Crippen LogP contribution in [0.2, 0.25) is 0 Å². The molecule has 0 N–H and O–H groups in total. The van der Waals surface area contributed by atoms with Crippen molar-refractivity contribution in [1.29, 1.82) is 0 Å². The molecule has 1 unspecified atom stereocenters. The van der Waals surface area contributed by atoms with Crippen molar-refractivity contribution >= 4 is 17.7 Å². The Labute approximate surface area is 103 Å². The van der Waals surface area contributed by atoms with Crippen LogP contribution in [-0.4, -0.2) is 28.6 Å². The van der Waals surface area contributed by atoms with E-state index in [0.29, 0.717) is 13.0 Å². The first-order valence-corrected chi connectivity index (χ1v) is 5.61. The Hall–Kier alpha value is -0.960. The van der Waals surface area contributed by atoms with Crippen LogP contribution in [0.25, 0.3) is 0 Å². The summed E-state index contributed by atoms with van der Waals surface area (Å²) in [4.78, 5) is 13.2. The van der Waals surface area contributed by atoms with Gasteiger partial charge in [0, 0.05) is 6.54 Å². The Morgan fingerprint density at radius 2 is 2.00 bits per heavy atom. The van der Waals surface area contributed by atoms with Gasteiger partial charge in [-0.15, -0.1) is 13.2 Å². The van der Waals surface area contributed by atoms with E-state index >= 15 is 0 Å². The molecule has 16 heavy (non-hydrogen) atoms. The van der Waals surface area contributed by atoms with E-state index < -0.39 is 17.2 Å². The van der Waals surface area contributed by atoms with E-state index in [1.807, 2.05) is 20.8 Å². The molecule has 0 bridgehead atoms. The Morgan fingerprint density at radius 1 is 1.44 bits per heavy atom. The molecule has 0 aromatic heterocycles. The molecule has 0 saturated heterocycles. The molecule has 1 atom stereocenters. The van der Waals surface area contributed by atoms with E-state index in [-0.39, 0.29) is 0 Å². The van der Waals surface area contributed by atoms with E-state index in [9.17, 15) is 4.79 Å². The molecule has 0 heterocycles. The molecule has 0 aliphatic rings. The summed E-state index contributed by atoms with van der Waals surface area (Å²) in [6.45, 7) is 13.0. The molecule has 0 aromatic rings. The zero-order valence-corrected chi connectivity index (χ0v) is 11.0. The molecule has 3 nitrogen and oxygen atoms in total. The molecule has 0 aromatic carbocycles. The van der Waals surface area contributed by atoms with Gasteiger partial charge in [0.1, 0.15) is 11.1 Å². The number of carbonyl (C=O) groups is 1. The number of ether oxygens (including phenoxy) is 1. The smallest absolute Gasteiger partial charge is 0.411 e. The number of amides is 1. The first-order valence-electron chi connectivity index (χ1n) is 5.17. The van der Waals surface area contributed by atoms with Crippen LogP contribution in [0.15, 0.2) is 25.3 Å². The second-order valence-corrected chi connectivity index (χ2v) is 4.88. The lowest BCUT2D eigenvalue weighted by Crippen LogP contribution is -2.41. The average molecular weight is 246 g/mol. The van der Waals surface area contributed by atoms with Crippen molar-refractivity contribution in [2.24, 2.45) is 0 Å². The number of nitrogens with zero attached hydrogens (tertiary/aromatic N) is 1. The van der Waals surface area contributed by atoms with Crippen LogP contribution < -0.4 is 0 Å². The second-order valence-electron chi connectivity index (χ2n) is 4.38. The van der Waals surface area contributed by atoms with Crippen LogP contribution in [0.1, 0.15) is 27.2 Å². The van der Waals surface area contributed by atoms with Crippen LogP contribution in [0.4, 0.5) is 4.79 Å². The van der Waals surface area contributed by atoms with E-state index in [1.54, 1.807) is 12.2 Å². The molecule has 4 heteroatoms. The van der Waals surface area contributed by atoms with Crippen molar-refractivity contribution < 1.29 is 9.53 Å². The number of hydrogen-bond donors (Lipinski definition) is 0. The van der Waals surface area contributed by atoms with E-state index in [2.05, 4.69) is 13.2 Å². The number of halogens is 1. The second kappa shape index (κ2) is 6.59. The van der Waals surface area contributed by atoms with Crippen LogP contribution in [-0.2, 0) is 4.74 Å². The van der Waals surface area contributed by atoms with Gasteiger partial charge in [0.15, 0.2) is 0 Å². The number of rotatable bonds is 5. The number of hydrogen-bond acceptors (Lipinski definition) is 2. The number of carbonyl (C=O) groups excluding carboxylic acids is 1. The maximum Gasteiger partial charge on any atom is 0.411 e. The van der Waals surface area contributed by atoms with Crippen molar-refractivity contribution in [2.45, 2.75) is 38.3 Å². The summed E-state index contributed by atoms with van der Waals surface area (Å²) < 4.78 is 5.24. The summed E-state index contributed by atoms with van der Waals surface area (Å²) in [6, 6.07) is 0. The summed E-state index contributed by atoms with van der Waals surface area (Å²) in [7, 11) is 0. The lowest BCUT2D eigenvalue weighted by molar-refractivity contribution is 0.0248. The lowest BCUT2D eigenvalue weighted by atomic mass is 10.2. The van der Waals surface area contributed by atoms with Crippen LogP contribution in [0, 0.1) is 0 Å². The van der Waals surface area contributed by atoms with Gasteiger partial charge >= 0.3 is 6.09 Å². The van der Waals surface area contributed by atoms with Gasteiger partial charge in [0.2, 0.25) is 0 Å². The minimum Gasteiger partial charge on any atom is -0.444 e. The summed E-state index contributed by atoms with van der Waals surface area (Å²) in [5.74, 6) is 0. The highest BCUT2D eigenvalue weighted by molar-refractivity contribution is 6.21. The summed E-state index contributed by atoms with van der Waals surface area (Å²) in [5.41, 5.74) is -0.980. The number of alkyl halides is 1. The Balaban J connectivity index is 4.57. The first kappa shape index (κ1) is 15.0. The highest BCUT2D eigenvalue weighted by Crippen LogP contribution is 2.16. The first-order chi connectivity index (χ1) is 7.31. The van der Waals surface area contributed by atoms with Gasteiger partial charge in [-0.25, -0.2) is 4.79 Å². The Kier molecular flexibility index (Phi) is 6.19. The van der Waals surface area contributed by atoms with E-state index in [4.69, 9.17) is 16.3 Å². The molecule has 0 fully saturated rings. The molecule has 0 spiro atoms. The Bertz CT molecular complexity index is 258. The molecular weight excluding hydrogens is 226 g/mol. The van der Waals surface area contributed by atoms with Gasteiger partial charge in [0.05, 0.1) is 0 Å². The van der Waals surface area contributed by atoms with Gasteiger partial charge in [-0.1, -0.05) is 23.8 Å². The topological polar surface area (TPSA) is 29.5 Å². The summed E-state index contributed by atoms with van der Waals surface area (Å²) in [6.07, 6.45) is 3.35. The molecular formula is C12H20ClNO2. The quantitative estimate of drug-likeness (QED) is 0.421. The van der Waals surface area contributed by atoms with Gasteiger partial charge in [-0.05, 0) is 27.2 Å². The SMILES string of the molecule is C=CCC(Cl)N(CC=C)C(=O)OC(C)(C)C. The van der Waals surface area contributed by atoms with E-state index in [0.717, 1.165) is 0 Å². The third-order valence-electron chi connectivity index (χ3n) is 1.65. The lowest BCUT2D eigenvalue weighted by Gasteiger charge is -2.29. The molecule has 0 rings (SSSR count). The average Bonchev–Trinajstić information content (AvgIpc) is 2.11. The molecule has 0 radical (unpaired) electrons. The van der Waals surface area contributed by atoms with Gasteiger partial charge in [-0.3, -0.25) is 4.90 Å². The van der Waals surface area contributed by atoms with Gasteiger partial charge < -0.3 is 4.74 Å². The van der Waals surface area contributed by atoms with Crippen molar-refractivity contribution in [3.63, 3.8) is 0 Å². The van der Waals surface area contributed by atoms with Crippen molar-refractivity contribution in [3.8, 4) is 0 Å². The van der Waals surface area contributed by atoms with Crippen LogP contribution in [0.5, 0.6) is 0 Å². The largest absolute Gasteiger partial charge is 0.444 e. The van der Waals surface area contributed by atoms with Crippen molar-refractivity contribution in [3.05, 3.63) is 25.3 Å². The maximum atomic E-state index is 11.8. The summed E-state index contributed by atoms with van der Waals surface area (Å²) >= 11 is 6.06. The zero-order valence-electron chi connectivity index (χ0n) is 10.2. The standard InChI is InChI=1S/C12H20ClNO2/c1-6-8-10(13)14(9-7-2)11(15)16-12(3,4)5/h6-7,10H,1-2,8-9H2,3-5H3. The van der Waals surface area contributed by atoms with Crippen molar-refractivity contribution in [2.75, 3.05) is 6.54 Å². The third kappa shape index (κ3) is 5.81. The highest BCUT2D eigenvalue weighted by atomic mass is 35.5. The zero-order chi connectivity index (χ0) is 12.8. The normalized spacial score (nSPS) is 12.8. The maximum absolute atomic E-state index is 11.8. The minimum atomic E-state index is -0.526. The molecule has 0 aliphatic carbocycles. The highest BCUT2D eigenvalue weighted by Gasteiger charge is 2.25. The Morgan fingerprint density at radius 3 is 2.38 bits per heavy atom.